The molecule has 0 aliphatic carbocycles. The summed E-state index contributed by atoms with van der Waals surface area (Å²) in [6.45, 7) is 16.1. The van der Waals surface area contributed by atoms with Crippen molar-refractivity contribution in [2.24, 2.45) is 0 Å². The summed E-state index contributed by atoms with van der Waals surface area (Å²) in [5.41, 5.74) is 0. The fourth-order valence-corrected chi connectivity index (χ4v) is 5.15. The highest BCUT2D eigenvalue weighted by Gasteiger charge is 2.25. The van der Waals surface area contributed by atoms with Crippen LogP contribution in [0, 0.1) is 0 Å². The molecule has 0 aromatic heterocycles. The van der Waals surface area contributed by atoms with E-state index in [1.54, 1.807) is 0 Å². The van der Waals surface area contributed by atoms with Crippen molar-refractivity contribution in [3.63, 3.8) is 0 Å². The van der Waals surface area contributed by atoms with Gasteiger partial charge in [0.1, 0.15) is 12.7 Å². The lowest BCUT2D eigenvalue weighted by molar-refractivity contribution is -0.146. The van der Waals surface area contributed by atoms with Gasteiger partial charge in [-0.05, 0) is 45.7 Å². The predicted molar refractivity (Wildman–Crippen MR) is 134 cm³/mol. The highest BCUT2D eigenvalue weighted by molar-refractivity contribution is 6.70. The quantitative estimate of drug-likeness (QED) is 0.106. The fraction of sp³-hybridized carbons (Fsp3) is 0.958. The molecule has 30 heavy (non-hydrogen) atoms. The Kier molecular flexibility index (Phi) is 17.3. The average molecular weight is 461 g/mol. The third-order valence-corrected chi connectivity index (χ3v) is 6.96. The molecule has 0 amide bonds. The zero-order valence-corrected chi connectivity index (χ0v) is 23.3. The summed E-state index contributed by atoms with van der Waals surface area (Å²) in [6.07, 6.45) is 16.0. The molecule has 0 aliphatic rings. The van der Waals surface area contributed by atoms with Crippen molar-refractivity contribution in [2.75, 3.05) is 13.2 Å². The van der Waals surface area contributed by atoms with Crippen LogP contribution in [-0.2, 0) is 18.4 Å². The fourth-order valence-electron chi connectivity index (χ4n) is 3.33. The van der Waals surface area contributed by atoms with Gasteiger partial charge in [0.25, 0.3) is 0 Å². The van der Waals surface area contributed by atoms with E-state index in [1.165, 1.54) is 64.2 Å². The van der Waals surface area contributed by atoms with E-state index in [4.69, 9.17) is 13.6 Å². The maximum absolute atomic E-state index is 12.1. The molecule has 180 valence electrons. The average Bonchev–Trinajstić information content (AvgIpc) is 2.63. The molecule has 6 heteroatoms. The van der Waals surface area contributed by atoms with E-state index >= 15 is 0 Å². The minimum Gasteiger partial charge on any atom is -0.463 e. The molecular formula is C24H52O4Si2. The van der Waals surface area contributed by atoms with Crippen molar-refractivity contribution in [2.45, 2.75) is 136 Å². The molecule has 0 aromatic carbocycles. The van der Waals surface area contributed by atoms with Crippen molar-refractivity contribution in [1.29, 1.82) is 0 Å². The lowest BCUT2D eigenvalue weighted by Crippen LogP contribution is -2.40. The molecule has 0 aromatic rings. The number of carbonyl (C=O) groups is 1. The van der Waals surface area contributed by atoms with Crippen molar-refractivity contribution >= 4 is 22.6 Å². The number of esters is 1. The normalized spacial score (nSPS) is 13.4. The topological polar surface area (TPSA) is 44.8 Å². The van der Waals surface area contributed by atoms with Gasteiger partial charge < -0.3 is 13.6 Å². The first-order valence-electron chi connectivity index (χ1n) is 12.5. The molecule has 0 saturated carbocycles. The summed E-state index contributed by atoms with van der Waals surface area (Å²) in [6, 6.07) is 0. The molecule has 0 aliphatic heterocycles. The maximum Gasteiger partial charge on any atom is 0.305 e. The smallest absolute Gasteiger partial charge is 0.305 e. The minimum atomic E-state index is -1.70. The Morgan fingerprint density at radius 2 is 1.13 bits per heavy atom. The number of hydrogen-bond donors (Lipinski definition) is 0. The Morgan fingerprint density at radius 1 is 0.667 bits per heavy atom. The summed E-state index contributed by atoms with van der Waals surface area (Å²) in [5, 5.41) is 0. The minimum absolute atomic E-state index is 0.0979. The van der Waals surface area contributed by atoms with Crippen molar-refractivity contribution in [1.82, 2.24) is 0 Å². The first-order valence-corrected chi connectivity index (χ1v) is 19.3. The highest BCUT2D eigenvalue weighted by Crippen LogP contribution is 2.14. The molecule has 0 radical (unpaired) electrons. The molecule has 0 rings (SSSR count). The molecule has 0 saturated heterocycles. The van der Waals surface area contributed by atoms with Crippen LogP contribution in [0.25, 0.3) is 0 Å². The van der Waals surface area contributed by atoms with Crippen LogP contribution in [0.2, 0.25) is 39.3 Å². The molecule has 0 fully saturated rings. The van der Waals surface area contributed by atoms with Crippen LogP contribution in [0.1, 0.15) is 90.4 Å². The van der Waals surface area contributed by atoms with Gasteiger partial charge >= 0.3 is 5.97 Å². The van der Waals surface area contributed by atoms with E-state index in [1.807, 2.05) is 0 Å². The van der Waals surface area contributed by atoms with E-state index in [-0.39, 0.29) is 12.1 Å². The van der Waals surface area contributed by atoms with Crippen LogP contribution in [-0.4, -0.2) is 41.9 Å². The van der Waals surface area contributed by atoms with Crippen molar-refractivity contribution < 1.29 is 18.4 Å². The van der Waals surface area contributed by atoms with E-state index in [2.05, 4.69) is 46.2 Å². The molecule has 1 atom stereocenters. The van der Waals surface area contributed by atoms with Gasteiger partial charge in [-0.2, -0.15) is 0 Å². The van der Waals surface area contributed by atoms with Crippen LogP contribution < -0.4 is 0 Å². The summed E-state index contributed by atoms with van der Waals surface area (Å²) in [4.78, 5) is 12.1. The van der Waals surface area contributed by atoms with Gasteiger partial charge in [0.15, 0.2) is 16.6 Å². The van der Waals surface area contributed by atoms with Crippen LogP contribution in [0.5, 0.6) is 0 Å². The summed E-state index contributed by atoms with van der Waals surface area (Å²) >= 11 is 0. The van der Waals surface area contributed by atoms with E-state index in [0.717, 1.165) is 12.8 Å². The Bertz CT molecular complexity index is 416. The van der Waals surface area contributed by atoms with Crippen LogP contribution in [0.15, 0.2) is 0 Å². The summed E-state index contributed by atoms with van der Waals surface area (Å²) in [7, 11) is -3.31. The third-order valence-electron chi connectivity index (χ3n) is 4.89. The van der Waals surface area contributed by atoms with Gasteiger partial charge in [0.2, 0.25) is 0 Å². The van der Waals surface area contributed by atoms with Crippen molar-refractivity contribution in [3.05, 3.63) is 0 Å². The Hall–Kier alpha value is -0.176. The highest BCUT2D eigenvalue weighted by atomic mass is 28.4. The second-order valence-corrected chi connectivity index (χ2v) is 19.6. The zero-order valence-electron chi connectivity index (χ0n) is 21.3. The first kappa shape index (κ1) is 29.8. The lowest BCUT2D eigenvalue weighted by atomic mass is 10.0. The SMILES string of the molecule is CCCCCCCCCCCCCCC(=O)OCC(CO[Si](C)(C)C)O[Si](C)(C)C. The van der Waals surface area contributed by atoms with Gasteiger partial charge in [0, 0.05) is 6.42 Å². The zero-order chi connectivity index (χ0) is 22.9. The van der Waals surface area contributed by atoms with Gasteiger partial charge in [-0.15, -0.1) is 0 Å². The third kappa shape index (κ3) is 22.5. The first-order chi connectivity index (χ1) is 14.0. The van der Waals surface area contributed by atoms with Crippen molar-refractivity contribution in [3.8, 4) is 0 Å². The predicted octanol–water partition coefficient (Wildman–Crippen LogP) is 7.69. The van der Waals surface area contributed by atoms with E-state index in [9.17, 15) is 4.79 Å². The van der Waals surface area contributed by atoms with Crippen LogP contribution in [0.4, 0.5) is 0 Å². The number of unbranched alkanes of at least 4 members (excludes halogenated alkanes) is 11. The second-order valence-electron chi connectivity index (χ2n) is 10.6. The van der Waals surface area contributed by atoms with Gasteiger partial charge in [0.05, 0.1) is 6.61 Å². The second kappa shape index (κ2) is 17.4. The number of carbonyl (C=O) groups excluding carboxylic acids is 1. The molecular weight excluding hydrogens is 408 g/mol. The Balaban J connectivity index is 3.77. The largest absolute Gasteiger partial charge is 0.463 e. The van der Waals surface area contributed by atoms with E-state index in [0.29, 0.717) is 19.6 Å². The Morgan fingerprint density at radius 3 is 1.57 bits per heavy atom. The van der Waals surface area contributed by atoms with Crippen LogP contribution >= 0.6 is 0 Å². The van der Waals surface area contributed by atoms with Gasteiger partial charge in [-0.3, -0.25) is 4.79 Å². The molecule has 1 unspecified atom stereocenters. The van der Waals surface area contributed by atoms with E-state index < -0.39 is 16.6 Å². The Labute approximate surface area is 190 Å². The standard InChI is InChI=1S/C24H52O4Si2/c1-8-9-10-11-12-13-14-15-16-17-18-19-20-24(25)26-21-23(28-30(5,6)7)22-27-29(2,3)4/h23H,8-22H2,1-7H3. The molecule has 0 heterocycles. The van der Waals surface area contributed by atoms with Crippen LogP contribution in [0.3, 0.4) is 0 Å². The number of hydrogen-bond acceptors (Lipinski definition) is 4. The van der Waals surface area contributed by atoms with Gasteiger partial charge in [-0.25, -0.2) is 0 Å². The molecule has 0 spiro atoms. The molecule has 4 nitrogen and oxygen atoms in total. The number of ether oxygens (including phenoxy) is 1. The monoisotopic (exact) mass is 460 g/mol. The number of rotatable bonds is 20. The maximum atomic E-state index is 12.1. The molecule has 0 N–H and O–H groups in total. The van der Waals surface area contributed by atoms with Gasteiger partial charge in [-0.1, -0.05) is 77.6 Å². The molecule has 0 bridgehead atoms. The summed E-state index contributed by atoms with van der Waals surface area (Å²) in [5.74, 6) is -0.0979. The summed E-state index contributed by atoms with van der Waals surface area (Å²) < 4.78 is 17.7. The lowest BCUT2D eigenvalue weighted by Gasteiger charge is -2.28.